The zero-order valence-electron chi connectivity index (χ0n) is 13.6. The largest absolute Gasteiger partial charge is 0.363 e. The Labute approximate surface area is 128 Å². The highest BCUT2D eigenvalue weighted by Gasteiger charge is 2.33. The third kappa shape index (κ3) is 3.22. The summed E-state index contributed by atoms with van der Waals surface area (Å²) >= 11 is 0. The first-order valence-corrected chi connectivity index (χ1v) is 8.22. The monoisotopic (exact) mass is 288 g/mol. The summed E-state index contributed by atoms with van der Waals surface area (Å²) in [6.45, 7) is 3.75. The Morgan fingerprint density at radius 1 is 1.14 bits per heavy atom. The maximum Gasteiger partial charge on any atom is 0.128 e. The van der Waals surface area contributed by atoms with Crippen LogP contribution in [-0.4, -0.2) is 61.6 Å². The first kappa shape index (κ1) is 14.8. The number of aromatic nitrogens is 1. The number of nitrogens with zero attached hydrogens (tertiary/aromatic N) is 4. The second kappa shape index (κ2) is 6.32. The van der Waals surface area contributed by atoms with Crippen molar-refractivity contribution < 1.29 is 0 Å². The maximum absolute atomic E-state index is 4.46. The molecule has 21 heavy (non-hydrogen) atoms. The summed E-state index contributed by atoms with van der Waals surface area (Å²) in [5, 5.41) is 0. The van der Waals surface area contributed by atoms with Crippen molar-refractivity contribution in [1.29, 1.82) is 0 Å². The van der Waals surface area contributed by atoms with E-state index in [2.05, 4.69) is 53.0 Å². The van der Waals surface area contributed by atoms with Crippen LogP contribution in [0.3, 0.4) is 0 Å². The van der Waals surface area contributed by atoms with Gasteiger partial charge in [0.2, 0.25) is 0 Å². The molecule has 2 aliphatic rings. The Bertz CT molecular complexity index is 466. The van der Waals surface area contributed by atoms with Crippen molar-refractivity contribution >= 4 is 5.82 Å². The lowest BCUT2D eigenvalue weighted by Crippen LogP contribution is -2.43. The van der Waals surface area contributed by atoms with E-state index in [0.29, 0.717) is 6.04 Å². The second-order valence-corrected chi connectivity index (χ2v) is 6.77. The van der Waals surface area contributed by atoms with Gasteiger partial charge in [-0.15, -0.1) is 0 Å². The van der Waals surface area contributed by atoms with Crippen LogP contribution in [-0.2, 0) is 0 Å². The van der Waals surface area contributed by atoms with Gasteiger partial charge in [-0.3, -0.25) is 4.90 Å². The number of rotatable bonds is 3. The molecule has 3 heterocycles. The Balaban J connectivity index is 1.76. The molecule has 0 aromatic carbocycles. The molecule has 0 radical (unpaired) electrons. The predicted molar refractivity (Wildman–Crippen MR) is 87.8 cm³/mol. The van der Waals surface area contributed by atoms with Crippen molar-refractivity contribution in [1.82, 2.24) is 14.8 Å². The van der Waals surface area contributed by atoms with Crippen LogP contribution in [0.4, 0.5) is 5.82 Å². The van der Waals surface area contributed by atoms with Gasteiger partial charge in [0.25, 0.3) is 0 Å². The van der Waals surface area contributed by atoms with Crippen LogP contribution in [0, 0.1) is 0 Å². The van der Waals surface area contributed by atoms with Gasteiger partial charge < -0.3 is 9.80 Å². The third-order valence-electron chi connectivity index (χ3n) is 5.06. The first-order chi connectivity index (χ1) is 10.1. The fourth-order valence-corrected chi connectivity index (χ4v) is 3.80. The second-order valence-electron chi connectivity index (χ2n) is 6.77. The predicted octanol–water partition coefficient (Wildman–Crippen LogP) is 2.38. The van der Waals surface area contributed by atoms with Gasteiger partial charge in [-0.05, 0) is 70.1 Å². The normalized spacial score (nSPS) is 25.4. The van der Waals surface area contributed by atoms with E-state index in [1.54, 1.807) is 0 Å². The first-order valence-electron chi connectivity index (χ1n) is 8.22. The van der Waals surface area contributed by atoms with Crippen molar-refractivity contribution in [3.05, 3.63) is 23.9 Å². The fourth-order valence-electron chi connectivity index (χ4n) is 3.80. The van der Waals surface area contributed by atoms with Crippen LogP contribution < -0.4 is 4.90 Å². The quantitative estimate of drug-likeness (QED) is 0.851. The minimum Gasteiger partial charge on any atom is -0.363 e. The van der Waals surface area contributed by atoms with Gasteiger partial charge in [0.05, 0.1) is 0 Å². The molecule has 3 rings (SSSR count). The molecule has 1 unspecified atom stereocenters. The number of hydrogen-bond donors (Lipinski definition) is 0. The molecule has 1 atom stereocenters. The molecular weight excluding hydrogens is 260 g/mol. The summed E-state index contributed by atoms with van der Waals surface area (Å²) in [4.78, 5) is 11.8. The smallest absolute Gasteiger partial charge is 0.128 e. The van der Waals surface area contributed by atoms with Gasteiger partial charge >= 0.3 is 0 Å². The van der Waals surface area contributed by atoms with E-state index >= 15 is 0 Å². The highest BCUT2D eigenvalue weighted by molar-refractivity contribution is 5.40. The van der Waals surface area contributed by atoms with Crippen LogP contribution >= 0.6 is 0 Å². The molecule has 2 aliphatic heterocycles. The number of pyridine rings is 1. The molecule has 0 N–H and O–H groups in total. The lowest BCUT2D eigenvalue weighted by atomic mass is 9.99. The molecule has 4 heteroatoms. The molecule has 0 bridgehead atoms. The van der Waals surface area contributed by atoms with Crippen LogP contribution in [0.1, 0.15) is 37.3 Å². The zero-order chi connectivity index (χ0) is 14.8. The van der Waals surface area contributed by atoms with Crippen LogP contribution in [0.15, 0.2) is 18.3 Å². The highest BCUT2D eigenvalue weighted by atomic mass is 15.2. The minimum absolute atomic E-state index is 0.597. The Morgan fingerprint density at radius 3 is 2.62 bits per heavy atom. The van der Waals surface area contributed by atoms with Gasteiger partial charge in [0.15, 0.2) is 0 Å². The van der Waals surface area contributed by atoms with Crippen LogP contribution in [0.5, 0.6) is 0 Å². The van der Waals surface area contributed by atoms with E-state index in [1.165, 1.54) is 50.9 Å². The zero-order valence-corrected chi connectivity index (χ0v) is 13.6. The minimum atomic E-state index is 0.597. The molecule has 2 fully saturated rings. The number of hydrogen-bond acceptors (Lipinski definition) is 4. The van der Waals surface area contributed by atoms with E-state index in [0.717, 1.165) is 11.9 Å². The van der Waals surface area contributed by atoms with E-state index in [9.17, 15) is 0 Å². The lowest BCUT2D eigenvalue weighted by molar-refractivity contribution is 0.110. The average Bonchev–Trinajstić information content (AvgIpc) is 2.97. The number of piperidine rings is 1. The Kier molecular flexibility index (Phi) is 4.45. The van der Waals surface area contributed by atoms with E-state index < -0.39 is 0 Å². The molecular formula is C17H28N4. The molecule has 1 aromatic rings. The van der Waals surface area contributed by atoms with Gasteiger partial charge in [0.1, 0.15) is 5.82 Å². The Hall–Kier alpha value is -1.13. The van der Waals surface area contributed by atoms with Crippen molar-refractivity contribution in [2.24, 2.45) is 0 Å². The third-order valence-corrected chi connectivity index (χ3v) is 5.06. The SMILES string of the molecule is CN1CCC(N2CCCC2c2ccnc(N(C)C)c2)CC1. The van der Waals surface area contributed by atoms with Gasteiger partial charge in [0, 0.05) is 32.4 Å². The molecule has 4 nitrogen and oxygen atoms in total. The summed E-state index contributed by atoms with van der Waals surface area (Å²) in [5.74, 6) is 1.07. The molecule has 0 amide bonds. The highest BCUT2D eigenvalue weighted by Crippen LogP contribution is 2.36. The maximum atomic E-state index is 4.46. The molecule has 2 saturated heterocycles. The summed E-state index contributed by atoms with van der Waals surface area (Å²) < 4.78 is 0. The van der Waals surface area contributed by atoms with Crippen LogP contribution in [0.25, 0.3) is 0 Å². The summed E-state index contributed by atoms with van der Waals surface area (Å²) in [6.07, 6.45) is 7.23. The topological polar surface area (TPSA) is 22.6 Å². The van der Waals surface area contributed by atoms with E-state index in [1.807, 2.05) is 6.20 Å². The van der Waals surface area contributed by atoms with E-state index in [4.69, 9.17) is 0 Å². The standard InChI is InChI=1S/C17H28N4/c1-19(2)17-13-14(6-9-18-17)16-5-4-10-21(16)15-7-11-20(3)12-8-15/h6,9,13,15-16H,4-5,7-8,10-12H2,1-3H3. The van der Waals surface area contributed by atoms with Crippen LogP contribution in [0.2, 0.25) is 0 Å². The summed E-state index contributed by atoms with van der Waals surface area (Å²) in [7, 11) is 6.37. The van der Waals surface area contributed by atoms with Gasteiger partial charge in [-0.25, -0.2) is 4.98 Å². The van der Waals surface area contributed by atoms with Crippen molar-refractivity contribution in [3.8, 4) is 0 Å². The average molecular weight is 288 g/mol. The lowest BCUT2D eigenvalue weighted by Gasteiger charge is -2.38. The molecule has 116 valence electrons. The van der Waals surface area contributed by atoms with Gasteiger partial charge in [-0.1, -0.05) is 0 Å². The fraction of sp³-hybridized carbons (Fsp3) is 0.706. The molecule has 1 aromatic heterocycles. The number of anilines is 1. The molecule has 0 spiro atoms. The summed E-state index contributed by atoms with van der Waals surface area (Å²) in [6, 6.07) is 5.85. The molecule has 0 aliphatic carbocycles. The van der Waals surface area contributed by atoms with Crippen molar-refractivity contribution in [3.63, 3.8) is 0 Å². The molecule has 0 saturated carbocycles. The Morgan fingerprint density at radius 2 is 1.90 bits per heavy atom. The number of likely N-dealkylation sites (tertiary alicyclic amines) is 2. The van der Waals surface area contributed by atoms with Crippen molar-refractivity contribution in [2.45, 2.75) is 37.8 Å². The van der Waals surface area contributed by atoms with Gasteiger partial charge in [-0.2, -0.15) is 0 Å². The summed E-state index contributed by atoms with van der Waals surface area (Å²) in [5.41, 5.74) is 1.45. The van der Waals surface area contributed by atoms with Crippen molar-refractivity contribution in [2.75, 3.05) is 45.7 Å². The van der Waals surface area contributed by atoms with E-state index in [-0.39, 0.29) is 0 Å².